The Bertz CT molecular complexity index is 712. The number of hydrogen-bond acceptors (Lipinski definition) is 4. The third-order valence-electron chi connectivity index (χ3n) is 2.16. The van der Waals surface area contributed by atoms with E-state index in [1.807, 2.05) is 0 Å². The van der Waals surface area contributed by atoms with Crippen LogP contribution in [0.25, 0.3) is 0 Å². The van der Waals surface area contributed by atoms with E-state index < -0.39 is 15.8 Å². The van der Waals surface area contributed by atoms with Gasteiger partial charge in [0.2, 0.25) is 5.03 Å². The maximum absolute atomic E-state index is 13.1. The van der Waals surface area contributed by atoms with Crippen molar-refractivity contribution in [3.05, 3.63) is 33.1 Å². The van der Waals surface area contributed by atoms with Crippen molar-refractivity contribution >= 4 is 47.6 Å². The van der Waals surface area contributed by atoms with Crippen molar-refractivity contribution in [1.82, 2.24) is 15.0 Å². The molecule has 0 aliphatic rings. The molecule has 0 bridgehead atoms. The van der Waals surface area contributed by atoms with Crippen LogP contribution in [0.2, 0.25) is 0 Å². The van der Waals surface area contributed by atoms with Gasteiger partial charge in [0.15, 0.2) is 4.60 Å². The number of nitrogens with one attached hydrogen (secondary N) is 1. The molecule has 1 aromatic heterocycles. The fourth-order valence-electron chi connectivity index (χ4n) is 1.38. The molecule has 102 valence electrons. The molecule has 1 N–H and O–H groups in total. The van der Waals surface area contributed by atoms with Crippen LogP contribution in [0.5, 0.6) is 0 Å². The Labute approximate surface area is 125 Å². The highest BCUT2D eigenvalue weighted by Crippen LogP contribution is 2.27. The Morgan fingerprint density at radius 3 is 2.63 bits per heavy atom. The van der Waals surface area contributed by atoms with E-state index in [1.165, 1.54) is 19.2 Å². The fourth-order valence-corrected chi connectivity index (χ4v) is 4.02. The third kappa shape index (κ3) is 2.95. The fraction of sp³-hybridized carbons (Fsp3) is 0.111. The maximum Gasteiger partial charge on any atom is 0.281 e. The van der Waals surface area contributed by atoms with E-state index >= 15 is 0 Å². The van der Waals surface area contributed by atoms with Crippen molar-refractivity contribution in [3.63, 3.8) is 0 Å². The number of hydrogen-bond donors (Lipinski definition) is 1. The van der Waals surface area contributed by atoms with Gasteiger partial charge in [-0.25, -0.2) is 9.07 Å². The second-order valence-corrected chi connectivity index (χ2v) is 6.74. The van der Waals surface area contributed by atoms with E-state index in [1.54, 1.807) is 0 Å². The van der Waals surface area contributed by atoms with E-state index in [-0.39, 0.29) is 15.3 Å². The first-order valence-corrected chi connectivity index (χ1v) is 7.91. The molecule has 0 aliphatic heterocycles. The predicted octanol–water partition coefficient (Wildman–Crippen LogP) is 2.28. The standard InChI is InChI=1S/C9H7Br2FN4O2S/c1-16-9(8(11)13-15-16)19(17,18)14-7-4-5(12)2-3-6(7)10/h2-4,14H,1H3. The van der Waals surface area contributed by atoms with Gasteiger partial charge >= 0.3 is 0 Å². The highest BCUT2D eigenvalue weighted by molar-refractivity contribution is 9.10. The normalized spacial score (nSPS) is 11.6. The van der Waals surface area contributed by atoms with Gasteiger partial charge in [0.25, 0.3) is 10.0 Å². The summed E-state index contributed by atoms with van der Waals surface area (Å²) in [5.74, 6) is -0.553. The molecule has 0 atom stereocenters. The zero-order valence-corrected chi connectivity index (χ0v) is 13.4. The number of anilines is 1. The molecule has 0 radical (unpaired) electrons. The summed E-state index contributed by atoms with van der Waals surface area (Å²) in [4.78, 5) is 0. The molecule has 0 fully saturated rings. The second kappa shape index (κ2) is 5.17. The number of aromatic nitrogens is 3. The van der Waals surface area contributed by atoms with Crippen molar-refractivity contribution in [2.45, 2.75) is 5.03 Å². The first-order valence-electron chi connectivity index (χ1n) is 4.84. The number of nitrogens with zero attached hydrogens (tertiary/aromatic N) is 3. The molecule has 1 aromatic carbocycles. The Kier molecular flexibility index (Phi) is 3.92. The van der Waals surface area contributed by atoms with E-state index in [4.69, 9.17) is 0 Å². The van der Waals surface area contributed by atoms with Crippen LogP contribution in [-0.4, -0.2) is 23.4 Å². The maximum atomic E-state index is 13.1. The van der Waals surface area contributed by atoms with Crippen LogP contribution in [0, 0.1) is 5.82 Å². The van der Waals surface area contributed by atoms with Crippen LogP contribution < -0.4 is 4.72 Å². The lowest BCUT2D eigenvalue weighted by Gasteiger charge is -2.09. The molecule has 1 heterocycles. The van der Waals surface area contributed by atoms with E-state index in [0.717, 1.165) is 10.7 Å². The lowest BCUT2D eigenvalue weighted by molar-refractivity contribution is 0.578. The minimum atomic E-state index is -3.93. The van der Waals surface area contributed by atoms with Crippen LogP contribution >= 0.6 is 31.9 Å². The van der Waals surface area contributed by atoms with Gasteiger partial charge in [-0.1, -0.05) is 5.21 Å². The van der Waals surface area contributed by atoms with Gasteiger partial charge in [-0.05, 0) is 50.1 Å². The van der Waals surface area contributed by atoms with Crippen molar-refractivity contribution in [3.8, 4) is 0 Å². The Hall–Kier alpha value is -1.00. The molecule has 0 saturated heterocycles. The van der Waals surface area contributed by atoms with E-state index in [9.17, 15) is 12.8 Å². The van der Waals surface area contributed by atoms with Crippen LogP contribution in [0.4, 0.5) is 10.1 Å². The lowest BCUT2D eigenvalue weighted by atomic mass is 10.3. The average Bonchev–Trinajstić information content (AvgIpc) is 2.64. The summed E-state index contributed by atoms with van der Waals surface area (Å²) in [5, 5.41) is 7.02. The summed E-state index contributed by atoms with van der Waals surface area (Å²) in [5.41, 5.74) is 0.0908. The van der Waals surface area contributed by atoms with Crippen molar-refractivity contribution in [2.75, 3.05) is 4.72 Å². The molecule has 0 amide bonds. The first kappa shape index (κ1) is 14.4. The molecule has 6 nitrogen and oxygen atoms in total. The van der Waals surface area contributed by atoms with Gasteiger partial charge in [0.05, 0.1) is 5.69 Å². The number of benzene rings is 1. The third-order valence-corrected chi connectivity index (χ3v) is 5.11. The molecule has 0 aliphatic carbocycles. The molecular weight excluding hydrogens is 407 g/mol. The zero-order chi connectivity index (χ0) is 14.2. The Morgan fingerprint density at radius 2 is 2.05 bits per heavy atom. The molecule has 0 spiro atoms. The Balaban J connectivity index is 2.45. The van der Waals surface area contributed by atoms with Gasteiger partial charge in [-0.15, -0.1) is 5.10 Å². The van der Waals surface area contributed by atoms with Crippen LogP contribution in [-0.2, 0) is 17.1 Å². The van der Waals surface area contributed by atoms with Gasteiger partial charge in [0, 0.05) is 11.5 Å². The smallest absolute Gasteiger partial charge is 0.277 e. The number of aryl methyl sites for hydroxylation is 1. The highest BCUT2D eigenvalue weighted by Gasteiger charge is 2.24. The SMILES string of the molecule is Cn1nnc(Br)c1S(=O)(=O)Nc1cc(F)ccc1Br. The summed E-state index contributed by atoms with van der Waals surface area (Å²) < 4.78 is 41.4. The predicted molar refractivity (Wildman–Crippen MR) is 73.6 cm³/mol. The molecule has 10 heteroatoms. The molecule has 2 rings (SSSR count). The minimum absolute atomic E-state index is 0.0787. The number of sulfonamides is 1. The topological polar surface area (TPSA) is 76.9 Å². The zero-order valence-electron chi connectivity index (χ0n) is 9.43. The van der Waals surface area contributed by atoms with Crippen LogP contribution in [0.3, 0.4) is 0 Å². The van der Waals surface area contributed by atoms with Gasteiger partial charge in [-0.3, -0.25) is 4.72 Å². The summed E-state index contributed by atoms with van der Waals surface area (Å²) in [6, 6.07) is 3.69. The van der Waals surface area contributed by atoms with E-state index in [2.05, 4.69) is 46.9 Å². The quantitative estimate of drug-likeness (QED) is 0.837. The minimum Gasteiger partial charge on any atom is -0.277 e. The summed E-state index contributed by atoms with van der Waals surface area (Å²) >= 11 is 6.14. The number of rotatable bonds is 3. The van der Waals surface area contributed by atoms with Gasteiger partial charge in [0.1, 0.15) is 5.82 Å². The van der Waals surface area contributed by atoms with Crippen molar-refractivity contribution in [2.24, 2.45) is 7.05 Å². The number of halogens is 3. The highest BCUT2D eigenvalue weighted by atomic mass is 79.9. The lowest BCUT2D eigenvalue weighted by Crippen LogP contribution is -2.17. The summed E-state index contributed by atoms with van der Waals surface area (Å²) in [6.45, 7) is 0. The second-order valence-electron chi connectivity index (χ2n) is 3.54. The molecular formula is C9H7Br2FN4O2S. The monoisotopic (exact) mass is 412 g/mol. The summed E-state index contributed by atoms with van der Waals surface area (Å²) in [7, 11) is -2.49. The molecule has 2 aromatic rings. The van der Waals surface area contributed by atoms with Crippen molar-refractivity contribution in [1.29, 1.82) is 0 Å². The summed E-state index contributed by atoms with van der Waals surface area (Å²) in [6.07, 6.45) is 0. The first-order chi connectivity index (χ1) is 8.81. The van der Waals surface area contributed by atoms with Crippen LogP contribution in [0.15, 0.2) is 32.3 Å². The van der Waals surface area contributed by atoms with Crippen LogP contribution in [0.1, 0.15) is 0 Å². The van der Waals surface area contributed by atoms with Gasteiger partial charge in [-0.2, -0.15) is 8.42 Å². The molecule has 0 unspecified atom stereocenters. The van der Waals surface area contributed by atoms with Gasteiger partial charge < -0.3 is 0 Å². The largest absolute Gasteiger partial charge is 0.281 e. The Morgan fingerprint density at radius 1 is 1.37 bits per heavy atom. The average molecular weight is 414 g/mol. The van der Waals surface area contributed by atoms with Crippen molar-refractivity contribution < 1.29 is 12.8 Å². The van der Waals surface area contributed by atoms with E-state index in [0.29, 0.717) is 4.47 Å². The molecule has 19 heavy (non-hydrogen) atoms. The molecule has 0 saturated carbocycles.